The predicted molar refractivity (Wildman–Crippen MR) is 157 cm³/mol. The highest BCUT2D eigenvalue weighted by Gasteiger charge is 2.30. The molecule has 0 saturated heterocycles. The molecule has 0 aliphatic carbocycles. The third-order valence-corrected chi connectivity index (χ3v) is 7.21. The molecule has 3 rings (SSSR count). The standard InChI is InChI=1S/C32H39N3O6/c33-14-4-3-7-29(30(38)19-26(20-34)32(40)41)35-31(39)25(15-21-9-12-27(36)13-10-21)18-28(37)17-22-8-11-23-5-1-2-6-24(23)16-22/h1-2,5-6,8-13,16,25-26,29,36H,3-4,7,14-15,17-20,33-34H2,(H,35,39)(H,40,41)/t25?,26?,29-/m0/s1. The summed E-state index contributed by atoms with van der Waals surface area (Å²) in [6, 6.07) is 19.2. The summed E-state index contributed by atoms with van der Waals surface area (Å²) in [5, 5.41) is 23.9. The van der Waals surface area contributed by atoms with Gasteiger partial charge in [0.05, 0.1) is 12.0 Å². The summed E-state index contributed by atoms with van der Waals surface area (Å²) < 4.78 is 0. The molecule has 218 valence electrons. The Morgan fingerprint density at radius 2 is 1.49 bits per heavy atom. The van der Waals surface area contributed by atoms with Gasteiger partial charge >= 0.3 is 5.97 Å². The minimum Gasteiger partial charge on any atom is -0.508 e. The molecule has 0 aromatic heterocycles. The minimum absolute atomic E-state index is 0.0518. The summed E-state index contributed by atoms with van der Waals surface area (Å²) in [4.78, 5) is 51.3. The Labute approximate surface area is 239 Å². The Kier molecular flexibility index (Phi) is 12.0. The van der Waals surface area contributed by atoms with E-state index in [1.54, 1.807) is 12.1 Å². The van der Waals surface area contributed by atoms with Crippen LogP contribution >= 0.6 is 0 Å². The molecule has 9 heteroatoms. The van der Waals surface area contributed by atoms with Gasteiger partial charge in [0.25, 0.3) is 0 Å². The third-order valence-electron chi connectivity index (χ3n) is 7.21. The number of carboxylic acid groups (broad SMARTS) is 1. The van der Waals surface area contributed by atoms with Crippen LogP contribution in [0.1, 0.15) is 43.2 Å². The van der Waals surface area contributed by atoms with E-state index in [0.717, 1.165) is 21.9 Å². The predicted octanol–water partition coefficient (Wildman–Crippen LogP) is 3.14. The molecule has 0 aliphatic heterocycles. The summed E-state index contributed by atoms with van der Waals surface area (Å²) >= 11 is 0. The van der Waals surface area contributed by atoms with Crippen molar-refractivity contribution in [2.75, 3.05) is 13.1 Å². The maximum absolute atomic E-state index is 13.6. The number of carbonyl (C=O) groups is 4. The van der Waals surface area contributed by atoms with Crippen molar-refractivity contribution in [1.29, 1.82) is 0 Å². The van der Waals surface area contributed by atoms with Gasteiger partial charge in [0, 0.05) is 31.7 Å². The highest BCUT2D eigenvalue weighted by Crippen LogP contribution is 2.21. The lowest BCUT2D eigenvalue weighted by Gasteiger charge is -2.23. The van der Waals surface area contributed by atoms with E-state index in [1.165, 1.54) is 12.1 Å². The number of amides is 1. The number of aliphatic carboxylic acids is 1. The number of carbonyl (C=O) groups excluding carboxylic acids is 3. The summed E-state index contributed by atoms with van der Waals surface area (Å²) in [5.41, 5.74) is 12.7. The maximum atomic E-state index is 13.6. The zero-order chi connectivity index (χ0) is 29.8. The van der Waals surface area contributed by atoms with Gasteiger partial charge in [0.15, 0.2) is 5.78 Å². The molecular weight excluding hydrogens is 522 g/mol. The van der Waals surface area contributed by atoms with Crippen LogP contribution in [-0.2, 0) is 32.0 Å². The second-order valence-corrected chi connectivity index (χ2v) is 10.5. The van der Waals surface area contributed by atoms with Crippen LogP contribution in [0.15, 0.2) is 66.7 Å². The van der Waals surface area contributed by atoms with Crippen LogP contribution in [0.25, 0.3) is 10.8 Å². The first-order valence-corrected chi connectivity index (χ1v) is 13.9. The maximum Gasteiger partial charge on any atom is 0.308 e. The molecule has 7 N–H and O–H groups in total. The van der Waals surface area contributed by atoms with Gasteiger partial charge in [-0.05, 0) is 66.3 Å². The molecule has 0 heterocycles. The van der Waals surface area contributed by atoms with E-state index in [0.29, 0.717) is 25.8 Å². The van der Waals surface area contributed by atoms with Crippen molar-refractivity contribution in [2.24, 2.45) is 23.3 Å². The topological polar surface area (TPSA) is 173 Å². The SMILES string of the molecule is NCCCC[C@H](NC(=O)C(CC(=O)Cc1ccc2ccccc2c1)Cc1ccc(O)cc1)C(=O)CC(CN)C(=O)O. The van der Waals surface area contributed by atoms with Crippen LogP contribution in [0.4, 0.5) is 0 Å². The Morgan fingerprint density at radius 1 is 0.805 bits per heavy atom. The van der Waals surface area contributed by atoms with Gasteiger partial charge in [-0.2, -0.15) is 0 Å². The van der Waals surface area contributed by atoms with Crippen molar-refractivity contribution < 1.29 is 29.4 Å². The quantitative estimate of drug-likeness (QED) is 0.156. The number of Topliss-reactive ketones (excluding diaryl/α,β-unsaturated/α-hetero) is 2. The molecule has 0 saturated carbocycles. The van der Waals surface area contributed by atoms with Gasteiger partial charge < -0.3 is 27.0 Å². The van der Waals surface area contributed by atoms with Crippen molar-refractivity contribution in [3.05, 3.63) is 77.9 Å². The molecule has 3 atom stereocenters. The molecular formula is C32H39N3O6. The number of phenols is 1. The molecule has 0 fully saturated rings. The zero-order valence-corrected chi connectivity index (χ0v) is 23.1. The highest BCUT2D eigenvalue weighted by atomic mass is 16.4. The van der Waals surface area contributed by atoms with Crippen LogP contribution in [0, 0.1) is 11.8 Å². The van der Waals surface area contributed by atoms with Gasteiger partial charge in [0.2, 0.25) is 5.91 Å². The fourth-order valence-corrected chi connectivity index (χ4v) is 4.85. The van der Waals surface area contributed by atoms with Gasteiger partial charge in [-0.3, -0.25) is 19.2 Å². The smallest absolute Gasteiger partial charge is 0.308 e. The largest absolute Gasteiger partial charge is 0.508 e. The fraction of sp³-hybridized carbons (Fsp3) is 0.375. The second kappa shape index (κ2) is 15.6. The van der Waals surface area contributed by atoms with Gasteiger partial charge in [0.1, 0.15) is 11.5 Å². The summed E-state index contributed by atoms with van der Waals surface area (Å²) in [6.07, 6.45) is 1.53. The number of fused-ring (bicyclic) bond motifs is 1. The van der Waals surface area contributed by atoms with Crippen LogP contribution in [0.2, 0.25) is 0 Å². The number of hydrogen-bond donors (Lipinski definition) is 5. The number of aromatic hydroxyl groups is 1. The van der Waals surface area contributed by atoms with Gasteiger partial charge in [-0.1, -0.05) is 54.6 Å². The minimum atomic E-state index is -1.17. The lowest BCUT2D eigenvalue weighted by Crippen LogP contribution is -2.45. The van der Waals surface area contributed by atoms with Crippen molar-refractivity contribution in [2.45, 2.75) is 51.0 Å². The molecule has 0 aliphatic rings. The molecule has 2 unspecified atom stereocenters. The second-order valence-electron chi connectivity index (χ2n) is 10.5. The van der Waals surface area contributed by atoms with Crippen LogP contribution in [-0.4, -0.2) is 52.8 Å². The first-order valence-electron chi connectivity index (χ1n) is 13.9. The Balaban J connectivity index is 1.78. The molecule has 3 aromatic carbocycles. The number of hydrogen-bond acceptors (Lipinski definition) is 7. The molecule has 41 heavy (non-hydrogen) atoms. The van der Waals surface area contributed by atoms with Crippen molar-refractivity contribution in [3.63, 3.8) is 0 Å². The van der Waals surface area contributed by atoms with E-state index < -0.39 is 35.5 Å². The molecule has 0 bridgehead atoms. The molecule has 3 aromatic rings. The number of phenolic OH excluding ortho intramolecular Hbond substituents is 1. The van der Waals surface area contributed by atoms with E-state index in [1.807, 2.05) is 42.5 Å². The molecule has 0 radical (unpaired) electrons. The van der Waals surface area contributed by atoms with E-state index in [2.05, 4.69) is 5.32 Å². The normalized spacial score (nSPS) is 13.3. The third kappa shape index (κ3) is 9.81. The van der Waals surface area contributed by atoms with E-state index in [-0.39, 0.29) is 43.8 Å². The number of benzene rings is 3. The number of nitrogens with two attached hydrogens (primary N) is 2. The first-order chi connectivity index (χ1) is 19.7. The molecule has 9 nitrogen and oxygen atoms in total. The van der Waals surface area contributed by atoms with Crippen LogP contribution < -0.4 is 16.8 Å². The fourth-order valence-electron chi connectivity index (χ4n) is 4.85. The number of nitrogens with one attached hydrogen (secondary N) is 1. The van der Waals surface area contributed by atoms with Crippen molar-refractivity contribution >= 4 is 34.2 Å². The number of ketones is 2. The van der Waals surface area contributed by atoms with Gasteiger partial charge in [-0.15, -0.1) is 0 Å². The Hall–Kier alpha value is -4.08. The first kappa shape index (κ1) is 31.4. The highest BCUT2D eigenvalue weighted by molar-refractivity contribution is 5.94. The van der Waals surface area contributed by atoms with Crippen LogP contribution in [0.3, 0.4) is 0 Å². The van der Waals surface area contributed by atoms with Crippen molar-refractivity contribution in [3.8, 4) is 5.75 Å². The zero-order valence-electron chi connectivity index (χ0n) is 23.1. The van der Waals surface area contributed by atoms with E-state index >= 15 is 0 Å². The lowest BCUT2D eigenvalue weighted by molar-refractivity contribution is -0.143. The Bertz CT molecular complexity index is 1340. The monoisotopic (exact) mass is 561 g/mol. The van der Waals surface area contributed by atoms with Crippen molar-refractivity contribution in [1.82, 2.24) is 5.32 Å². The summed E-state index contributed by atoms with van der Waals surface area (Å²) in [5.74, 6) is -3.91. The molecule has 1 amide bonds. The number of carboxylic acids is 1. The van der Waals surface area contributed by atoms with Gasteiger partial charge in [-0.25, -0.2) is 0 Å². The van der Waals surface area contributed by atoms with E-state index in [4.69, 9.17) is 11.5 Å². The average molecular weight is 562 g/mol. The van der Waals surface area contributed by atoms with Crippen LogP contribution in [0.5, 0.6) is 5.75 Å². The Morgan fingerprint density at radius 3 is 2.15 bits per heavy atom. The molecule has 0 spiro atoms. The summed E-state index contributed by atoms with van der Waals surface area (Å²) in [7, 11) is 0. The average Bonchev–Trinajstić information content (AvgIpc) is 2.95. The van der Waals surface area contributed by atoms with E-state index in [9.17, 15) is 29.4 Å². The number of rotatable bonds is 17. The lowest BCUT2D eigenvalue weighted by atomic mass is 9.90. The summed E-state index contributed by atoms with van der Waals surface area (Å²) in [6.45, 7) is 0.222. The number of unbranched alkanes of at least 4 members (excludes halogenated alkanes) is 1.